The largest absolute Gasteiger partial charge is 0.481 e. The molecule has 1 aromatic heterocycles. The second-order valence-electron chi connectivity index (χ2n) is 2.71. The molecule has 0 amide bonds. The van der Waals surface area contributed by atoms with Gasteiger partial charge in [-0.2, -0.15) is 13.2 Å². The molecule has 2 nitrogen and oxygen atoms in total. The lowest BCUT2D eigenvalue weighted by molar-refractivity contribution is -0.143. The summed E-state index contributed by atoms with van der Waals surface area (Å²) in [4.78, 5) is 2.99. The topological polar surface area (TPSA) is 22.1 Å². The van der Waals surface area contributed by atoms with Gasteiger partial charge in [-0.3, -0.25) is 0 Å². The van der Waals surface area contributed by atoms with Gasteiger partial charge >= 0.3 is 6.18 Å². The molecule has 0 aliphatic rings. The quantitative estimate of drug-likeness (QED) is 0.775. The Labute approximate surface area is 95.6 Å². The minimum absolute atomic E-state index is 0.386. The van der Waals surface area contributed by atoms with Crippen molar-refractivity contribution in [2.75, 3.05) is 7.11 Å². The number of aromatic nitrogens is 1. The SMILES string of the molecule is COc1cc(Br)c(C(F)F)c(C(F)(F)F)n1. The van der Waals surface area contributed by atoms with Crippen LogP contribution in [0.2, 0.25) is 0 Å². The Bertz CT molecular complexity index is 393. The molecule has 16 heavy (non-hydrogen) atoms. The van der Waals surface area contributed by atoms with Crippen LogP contribution in [-0.2, 0) is 6.18 Å². The predicted molar refractivity (Wildman–Crippen MR) is 48.4 cm³/mol. The lowest BCUT2D eigenvalue weighted by Crippen LogP contribution is -2.13. The summed E-state index contributed by atoms with van der Waals surface area (Å²) in [5.41, 5.74) is -2.83. The minimum atomic E-state index is -4.96. The van der Waals surface area contributed by atoms with Gasteiger partial charge in [0.15, 0.2) is 5.69 Å². The van der Waals surface area contributed by atoms with E-state index >= 15 is 0 Å². The summed E-state index contributed by atoms with van der Waals surface area (Å²) < 4.78 is 66.3. The predicted octanol–water partition coefficient (Wildman–Crippen LogP) is 3.81. The number of hydrogen-bond acceptors (Lipinski definition) is 2. The second-order valence-corrected chi connectivity index (χ2v) is 3.56. The summed E-state index contributed by atoms with van der Waals surface area (Å²) in [6.07, 6.45) is -8.23. The molecule has 0 atom stereocenters. The smallest absolute Gasteiger partial charge is 0.434 e. The minimum Gasteiger partial charge on any atom is -0.481 e. The zero-order valence-corrected chi connectivity index (χ0v) is 9.36. The Morgan fingerprint density at radius 2 is 1.94 bits per heavy atom. The van der Waals surface area contributed by atoms with Gasteiger partial charge in [-0.05, 0) is 0 Å². The van der Waals surface area contributed by atoms with Gasteiger partial charge in [-0.25, -0.2) is 13.8 Å². The number of nitrogens with zero attached hydrogens (tertiary/aromatic N) is 1. The second kappa shape index (κ2) is 4.52. The van der Waals surface area contributed by atoms with Crippen molar-refractivity contribution in [2.45, 2.75) is 12.6 Å². The molecule has 0 aliphatic carbocycles. The first-order valence-electron chi connectivity index (χ1n) is 3.87. The Kier molecular flexibility index (Phi) is 3.72. The van der Waals surface area contributed by atoms with Crippen LogP contribution in [0.1, 0.15) is 17.7 Å². The molecule has 0 saturated heterocycles. The van der Waals surface area contributed by atoms with Crippen molar-refractivity contribution in [2.24, 2.45) is 0 Å². The highest BCUT2D eigenvalue weighted by molar-refractivity contribution is 9.10. The highest BCUT2D eigenvalue weighted by Crippen LogP contribution is 2.40. The van der Waals surface area contributed by atoms with Crippen molar-refractivity contribution in [3.63, 3.8) is 0 Å². The number of rotatable bonds is 2. The molecule has 0 N–H and O–H groups in total. The van der Waals surface area contributed by atoms with Gasteiger partial charge in [0, 0.05) is 10.5 Å². The standard InChI is InChI=1S/C8H5BrF5NO/c1-16-4-2-3(9)5(7(10)11)6(15-4)8(12,13)14/h2,7H,1H3. The highest BCUT2D eigenvalue weighted by atomic mass is 79.9. The van der Waals surface area contributed by atoms with Crippen molar-refractivity contribution < 1.29 is 26.7 Å². The molecule has 1 rings (SSSR count). The van der Waals surface area contributed by atoms with E-state index in [0.717, 1.165) is 13.2 Å². The van der Waals surface area contributed by atoms with Crippen LogP contribution in [0.4, 0.5) is 22.0 Å². The van der Waals surface area contributed by atoms with Crippen LogP contribution in [0.3, 0.4) is 0 Å². The summed E-state index contributed by atoms with van der Waals surface area (Å²) in [6.45, 7) is 0. The molecule has 90 valence electrons. The van der Waals surface area contributed by atoms with E-state index in [1.54, 1.807) is 0 Å². The monoisotopic (exact) mass is 305 g/mol. The van der Waals surface area contributed by atoms with E-state index in [1.165, 1.54) is 0 Å². The van der Waals surface area contributed by atoms with Crippen molar-refractivity contribution in [1.82, 2.24) is 4.98 Å². The third-order valence-electron chi connectivity index (χ3n) is 1.68. The van der Waals surface area contributed by atoms with Crippen molar-refractivity contribution in [3.05, 3.63) is 21.8 Å². The lowest BCUT2D eigenvalue weighted by Gasteiger charge is -2.14. The summed E-state index contributed by atoms with van der Waals surface area (Å²) in [7, 11) is 1.09. The van der Waals surface area contributed by atoms with Crippen LogP contribution >= 0.6 is 15.9 Å². The van der Waals surface area contributed by atoms with Gasteiger partial charge in [0.05, 0.1) is 12.7 Å². The van der Waals surface area contributed by atoms with Crippen molar-refractivity contribution in [3.8, 4) is 5.88 Å². The fourth-order valence-corrected chi connectivity index (χ4v) is 1.59. The van der Waals surface area contributed by atoms with Crippen LogP contribution < -0.4 is 4.74 Å². The Morgan fingerprint density at radius 1 is 1.38 bits per heavy atom. The summed E-state index contributed by atoms with van der Waals surface area (Å²) in [5, 5.41) is 0. The van der Waals surface area contributed by atoms with E-state index in [4.69, 9.17) is 0 Å². The summed E-state index contributed by atoms with van der Waals surface area (Å²) >= 11 is 2.63. The molecule has 1 aromatic rings. The molecule has 0 radical (unpaired) electrons. The molecule has 1 heterocycles. The third-order valence-corrected chi connectivity index (χ3v) is 2.34. The van der Waals surface area contributed by atoms with E-state index in [2.05, 4.69) is 25.7 Å². The molecule has 0 unspecified atom stereocenters. The maximum absolute atomic E-state index is 12.4. The number of ether oxygens (including phenoxy) is 1. The normalized spacial score (nSPS) is 12.0. The molecule has 0 bridgehead atoms. The lowest BCUT2D eigenvalue weighted by atomic mass is 10.2. The fourth-order valence-electron chi connectivity index (χ4n) is 1.03. The molecule has 0 aromatic carbocycles. The number of pyridine rings is 1. The molecule has 0 spiro atoms. The van der Waals surface area contributed by atoms with Gasteiger partial charge < -0.3 is 4.74 Å². The van der Waals surface area contributed by atoms with Crippen LogP contribution in [-0.4, -0.2) is 12.1 Å². The first-order chi connectivity index (χ1) is 7.27. The van der Waals surface area contributed by atoms with Crippen LogP contribution in [0, 0.1) is 0 Å². The molecule has 0 saturated carbocycles. The maximum atomic E-state index is 12.4. The molecule has 0 aliphatic heterocycles. The molecule has 0 fully saturated rings. The van der Waals surface area contributed by atoms with Gasteiger partial charge in [-0.1, -0.05) is 15.9 Å². The van der Waals surface area contributed by atoms with Crippen LogP contribution in [0.25, 0.3) is 0 Å². The summed E-state index contributed by atoms with van der Waals surface area (Å²) in [6, 6.07) is 0.955. The number of halogens is 6. The van der Waals surface area contributed by atoms with Gasteiger partial charge in [0.1, 0.15) is 0 Å². The fraction of sp³-hybridized carbons (Fsp3) is 0.375. The zero-order chi connectivity index (χ0) is 12.5. The maximum Gasteiger partial charge on any atom is 0.434 e. The van der Waals surface area contributed by atoms with Crippen LogP contribution in [0.5, 0.6) is 5.88 Å². The van der Waals surface area contributed by atoms with E-state index in [0.29, 0.717) is 0 Å². The van der Waals surface area contributed by atoms with E-state index in [1.807, 2.05) is 0 Å². The summed E-state index contributed by atoms with van der Waals surface area (Å²) in [5.74, 6) is -0.386. The number of hydrogen-bond donors (Lipinski definition) is 0. The highest BCUT2D eigenvalue weighted by Gasteiger charge is 2.39. The average Bonchev–Trinajstić information content (AvgIpc) is 2.14. The molecular weight excluding hydrogens is 301 g/mol. The van der Waals surface area contributed by atoms with E-state index in [-0.39, 0.29) is 10.4 Å². The van der Waals surface area contributed by atoms with Crippen LogP contribution in [0.15, 0.2) is 10.5 Å². The molecule has 8 heteroatoms. The zero-order valence-electron chi connectivity index (χ0n) is 7.78. The van der Waals surface area contributed by atoms with Crippen molar-refractivity contribution >= 4 is 15.9 Å². The molecular formula is C8H5BrF5NO. The first-order valence-corrected chi connectivity index (χ1v) is 4.66. The number of methoxy groups -OCH3 is 1. The van der Waals surface area contributed by atoms with Gasteiger partial charge in [0.2, 0.25) is 5.88 Å². The van der Waals surface area contributed by atoms with E-state index < -0.39 is 23.9 Å². The number of alkyl halides is 5. The van der Waals surface area contributed by atoms with E-state index in [9.17, 15) is 22.0 Å². The van der Waals surface area contributed by atoms with Gasteiger partial charge in [-0.15, -0.1) is 0 Å². The van der Waals surface area contributed by atoms with Crippen molar-refractivity contribution in [1.29, 1.82) is 0 Å². The first kappa shape index (κ1) is 13.1. The Morgan fingerprint density at radius 3 is 2.31 bits per heavy atom. The Hall–Kier alpha value is -0.920. The third kappa shape index (κ3) is 2.60. The van der Waals surface area contributed by atoms with Gasteiger partial charge in [0.25, 0.3) is 6.43 Å². The Balaban J connectivity index is 3.47. The average molecular weight is 306 g/mol.